The Hall–Kier alpha value is -1.57. The van der Waals surface area contributed by atoms with Crippen molar-refractivity contribution in [1.82, 2.24) is 19.8 Å². The molecule has 6 nitrogen and oxygen atoms in total. The molecule has 3 saturated heterocycles. The van der Waals surface area contributed by atoms with Gasteiger partial charge in [0.15, 0.2) is 5.16 Å². The number of nitrogens with zero attached hydrogens (tertiary/aromatic N) is 3. The molecule has 7 heteroatoms. The van der Waals surface area contributed by atoms with Gasteiger partial charge in [-0.2, -0.15) is 0 Å². The number of ether oxygens (including phenoxy) is 1. The van der Waals surface area contributed by atoms with E-state index in [2.05, 4.69) is 38.8 Å². The summed E-state index contributed by atoms with van der Waals surface area (Å²) in [5.41, 5.74) is 3.19. The number of methoxy groups -OCH3 is 1. The molecule has 4 heterocycles. The van der Waals surface area contributed by atoms with Crippen molar-refractivity contribution in [3.8, 4) is 0 Å². The highest BCUT2D eigenvalue weighted by molar-refractivity contribution is 7.99. The van der Waals surface area contributed by atoms with Gasteiger partial charge in [0, 0.05) is 39.3 Å². The first-order valence-corrected chi connectivity index (χ1v) is 10.7. The minimum atomic E-state index is 0.224. The molecule has 1 aromatic heterocycles. The van der Waals surface area contributed by atoms with E-state index in [1.54, 1.807) is 7.11 Å². The Morgan fingerprint density at radius 3 is 3.07 bits per heavy atom. The van der Waals surface area contributed by atoms with E-state index in [1.807, 2.05) is 6.07 Å². The molecule has 2 aromatic rings. The summed E-state index contributed by atoms with van der Waals surface area (Å²) in [4.78, 5) is 25.4. The van der Waals surface area contributed by atoms with E-state index in [9.17, 15) is 4.79 Å². The topological polar surface area (TPSA) is 61.5 Å². The molecule has 27 heavy (non-hydrogen) atoms. The molecule has 2 atom stereocenters. The lowest BCUT2D eigenvalue weighted by atomic mass is 9.95. The van der Waals surface area contributed by atoms with Gasteiger partial charge in [0.1, 0.15) is 0 Å². The second-order valence-electron chi connectivity index (χ2n) is 7.73. The molecular formula is C20H28N4O2S. The maximum atomic E-state index is 12.9. The number of thioether (sulfide) groups is 1. The average molecular weight is 389 g/mol. The largest absolute Gasteiger partial charge is 0.383 e. The smallest absolute Gasteiger partial charge is 0.233 e. The minimum Gasteiger partial charge on any atom is -0.383 e. The van der Waals surface area contributed by atoms with Gasteiger partial charge in [-0.15, -0.1) is 0 Å². The molecule has 5 rings (SSSR count). The number of carbonyl (C=O) groups excluding carboxylic acids is 1. The molecule has 146 valence electrons. The number of hydrogen-bond acceptors (Lipinski definition) is 5. The van der Waals surface area contributed by atoms with Crippen LogP contribution in [0.4, 0.5) is 0 Å². The Morgan fingerprint density at radius 1 is 1.33 bits per heavy atom. The van der Waals surface area contributed by atoms with Crippen molar-refractivity contribution in [1.29, 1.82) is 0 Å². The van der Waals surface area contributed by atoms with Crippen LogP contribution in [0.5, 0.6) is 0 Å². The molecule has 0 radical (unpaired) electrons. The SMILES string of the molecule is COCCN1C[C@H]2CC[C@@H]1CN(C(=O)CSc1nc3ccc(C)cc3[nH]1)C2. The molecule has 0 spiro atoms. The van der Waals surface area contributed by atoms with E-state index in [-0.39, 0.29) is 5.91 Å². The molecule has 0 saturated carbocycles. The number of piperidine rings is 1. The number of aromatic nitrogens is 2. The quantitative estimate of drug-likeness (QED) is 0.771. The normalized spacial score (nSPS) is 23.1. The zero-order valence-corrected chi connectivity index (χ0v) is 16.9. The Morgan fingerprint density at radius 2 is 2.22 bits per heavy atom. The first-order valence-electron chi connectivity index (χ1n) is 9.72. The predicted octanol–water partition coefficient (Wildman–Crippen LogP) is 2.53. The molecule has 3 aliphatic heterocycles. The summed E-state index contributed by atoms with van der Waals surface area (Å²) < 4.78 is 5.25. The molecule has 1 N–H and O–H groups in total. The van der Waals surface area contributed by atoms with Crippen LogP contribution in [0.1, 0.15) is 18.4 Å². The van der Waals surface area contributed by atoms with E-state index in [0.29, 0.717) is 17.7 Å². The summed E-state index contributed by atoms with van der Waals surface area (Å²) >= 11 is 1.51. The number of hydrogen-bond donors (Lipinski definition) is 1. The number of carbonyl (C=O) groups is 1. The number of aromatic amines is 1. The van der Waals surface area contributed by atoms with Crippen molar-refractivity contribution in [2.45, 2.75) is 31.0 Å². The zero-order valence-electron chi connectivity index (χ0n) is 16.1. The number of nitrogens with one attached hydrogen (secondary N) is 1. The maximum absolute atomic E-state index is 12.9. The predicted molar refractivity (Wildman–Crippen MR) is 108 cm³/mol. The summed E-state index contributed by atoms with van der Waals surface area (Å²) in [6.45, 7) is 6.62. The number of amides is 1. The molecule has 0 unspecified atom stereocenters. The van der Waals surface area contributed by atoms with Gasteiger partial charge in [0.2, 0.25) is 5.91 Å². The summed E-state index contributed by atoms with van der Waals surface area (Å²) in [5, 5.41) is 0.823. The fraction of sp³-hybridized carbons (Fsp3) is 0.600. The van der Waals surface area contributed by atoms with E-state index >= 15 is 0 Å². The van der Waals surface area contributed by atoms with E-state index in [0.717, 1.165) is 49.0 Å². The number of imidazole rings is 1. The third kappa shape index (κ3) is 4.31. The van der Waals surface area contributed by atoms with Crippen LogP contribution < -0.4 is 0 Å². The molecule has 0 aliphatic carbocycles. The fourth-order valence-corrected chi connectivity index (χ4v) is 5.04. The average Bonchev–Trinajstić information content (AvgIpc) is 2.84. The molecule has 1 amide bonds. The molecule has 3 aliphatic rings. The maximum Gasteiger partial charge on any atom is 0.233 e. The lowest BCUT2D eigenvalue weighted by Gasteiger charge is -2.35. The van der Waals surface area contributed by atoms with Crippen molar-refractivity contribution < 1.29 is 9.53 Å². The van der Waals surface area contributed by atoms with Crippen LogP contribution in [0.2, 0.25) is 0 Å². The third-order valence-corrected chi connectivity index (χ3v) is 6.57. The first-order chi connectivity index (χ1) is 13.1. The van der Waals surface area contributed by atoms with Gasteiger partial charge in [-0.3, -0.25) is 9.69 Å². The van der Waals surface area contributed by atoms with Gasteiger partial charge in [0.25, 0.3) is 0 Å². The lowest BCUT2D eigenvalue weighted by Crippen LogP contribution is -2.45. The van der Waals surface area contributed by atoms with Crippen molar-refractivity contribution in [3.05, 3.63) is 23.8 Å². The summed E-state index contributed by atoms with van der Waals surface area (Å²) in [6.07, 6.45) is 2.42. The van der Waals surface area contributed by atoms with Crippen LogP contribution in [0, 0.1) is 12.8 Å². The number of aryl methyl sites for hydroxylation is 1. The van der Waals surface area contributed by atoms with Crippen molar-refractivity contribution >= 4 is 28.7 Å². The Balaban J connectivity index is 1.36. The number of benzene rings is 1. The number of rotatable bonds is 6. The highest BCUT2D eigenvalue weighted by atomic mass is 32.2. The standard InChI is InChI=1S/C20H28N4O2S/c1-14-3-6-17-18(9-14)22-20(21-17)27-13-19(25)24-11-15-4-5-16(12-24)23(10-15)7-8-26-2/h3,6,9,15-16H,4-5,7-8,10-13H2,1-2H3,(H,21,22)/t15-,16-/m1/s1. The van der Waals surface area contributed by atoms with Gasteiger partial charge in [0.05, 0.1) is 23.4 Å². The second kappa shape index (κ2) is 8.20. The number of fused-ring (bicyclic) bond motifs is 5. The third-order valence-electron chi connectivity index (χ3n) is 5.71. The van der Waals surface area contributed by atoms with Crippen LogP contribution in [-0.4, -0.2) is 77.4 Å². The fourth-order valence-electron chi connectivity index (χ4n) is 4.25. The second-order valence-corrected chi connectivity index (χ2v) is 8.70. The van der Waals surface area contributed by atoms with Crippen LogP contribution in [0.25, 0.3) is 11.0 Å². The molecular weight excluding hydrogens is 360 g/mol. The van der Waals surface area contributed by atoms with Crippen LogP contribution in [-0.2, 0) is 9.53 Å². The monoisotopic (exact) mass is 388 g/mol. The minimum absolute atomic E-state index is 0.224. The summed E-state index contributed by atoms with van der Waals surface area (Å²) in [7, 11) is 1.75. The summed E-state index contributed by atoms with van der Waals surface area (Å²) in [6, 6.07) is 6.65. The van der Waals surface area contributed by atoms with E-state index < -0.39 is 0 Å². The van der Waals surface area contributed by atoms with E-state index in [1.165, 1.54) is 30.2 Å². The van der Waals surface area contributed by atoms with Gasteiger partial charge < -0.3 is 14.6 Å². The molecule has 3 fully saturated rings. The molecule has 2 bridgehead atoms. The summed E-state index contributed by atoms with van der Waals surface area (Å²) in [5.74, 6) is 1.25. The molecule has 1 aromatic carbocycles. The van der Waals surface area contributed by atoms with Gasteiger partial charge in [-0.05, 0) is 43.4 Å². The highest BCUT2D eigenvalue weighted by Crippen LogP contribution is 2.28. The first kappa shape index (κ1) is 18.8. The van der Waals surface area contributed by atoms with Crippen LogP contribution in [0.15, 0.2) is 23.4 Å². The van der Waals surface area contributed by atoms with Crippen LogP contribution >= 0.6 is 11.8 Å². The lowest BCUT2D eigenvalue weighted by molar-refractivity contribution is -0.128. The van der Waals surface area contributed by atoms with Crippen LogP contribution in [0.3, 0.4) is 0 Å². The Bertz CT molecular complexity index is 808. The van der Waals surface area contributed by atoms with Crippen molar-refractivity contribution in [3.63, 3.8) is 0 Å². The Kier molecular flexibility index (Phi) is 5.71. The van der Waals surface area contributed by atoms with Gasteiger partial charge >= 0.3 is 0 Å². The highest BCUT2D eigenvalue weighted by Gasteiger charge is 2.36. The van der Waals surface area contributed by atoms with Gasteiger partial charge in [-0.25, -0.2) is 4.98 Å². The van der Waals surface area contributed by atoms with Gasteiger partial charge in [-0.1, -0.05) is 17.8 Å². The Labute approximate surface area is 164 Å². The zero-order chi connectivity index (χ0) is 18.8. The van der Waals surface area contributed by atoms with Crippen molar-refractivity contribution in [2.75, 3.05) is 45.6 Å². The van der Waals surface area contributed by atoms with Crippen molar-refractivity contribution in [2.24, 2.45) is 5.92 Å². The number of H-pyrrole nitrogens is 1. The van der Waals surface area contributed by atoms with E-state index in [4.69, 9.17) is 4.74 Å².